The summed E-state index contributed by atoms with van der Waals surface area (Å²) < 4.78 is 14.6. The van der Waals surface area contributed by atoms with Crippen LogP contribution in [-0.2, 0) is 11.0 Å². The summed E-state index contributed by atoms with van der Waals surface area (Å²) in [5.74, 6) is 0. The molecule has 1 saturated heterocycles. The van der Waals surface area contributed by atoms with Gasteiger partial charge in [-0.1, -0.05) is 0 Å². The Morgan fingerprint density at radius 2 is 1.90 bits per heavy atom. The molecule has 1 unspecified atom stereocenters. The maximum absolute atomic E-state index is 12.3. The minimum atomic E-state index is -0.993. The molecule has 0 bridgehead atoms. The molecule has 1 fully saturated rings. The van der Waals surface area contributed by atoms with Crippen molar-refractivity contribution in [3.63, 3.8) is 0 Å². The lowest BCUT2D eigenvalue weighted by Crippen LogP contribution is -2.50. The first-order valence-electron chi connectivity index (χ1n) is 6.46. The van der Waals surface area contributed by atoms with Crippen molar-refractivity contribution in [2.45, 2.75) is 25.5 Å². The number of nitrogens with one attached hydrogen (secondary N) is 1. The first-order valence-corrected chi connectivity index (χ1v) is 8.36. The van der Waals surface area contributed by atoms with Crippen LogP contribution in [0.2, 0.25) is 0 Å². The van der Waals surface area contributed by atoms with Crippen LogP contribution >= 0.6 is 15.9 Å². The second kappa shape index (κ2) is 5.95. The molecule has 1 aromatic heterocycles. The quantitative estimate of drug-likeness (QED) is 0.855. The lowest BCUT2D eigenvalue weighted by atomic mass is 10.3. The van der Waals surface area contributed by atoms with Gasteiger partial charge in [0.2, 0.25) is 0 Å². The second-order valence-corrected chi connectivity index (χ2v) is 8.71. The van der Waals surface area contributed by atoms with E-state index in [9.17, 15) is 9.00 Å². The normalized spacial score (nSPS) is 19.1. The third-order valence-corrected chi connectivity index (χ3v) is 5.76. The van der Waals surface area contributed by atoms with E-state index < -0.39 is 11.0 Å². The van der Waals surface area contributed by atoms with E-state index in [0.717, 1.165) is 18.8 Å². The fourth-order valence-corrected chi connectivity index (χ4v) is 3.79. The Kier molecular flexibility index (Phi) is 4.66. The highest BCUT2D eigenvalue weighted by atomic mass is 79.9. The number of hydrogen-bond donors (Lipinski definition) is 1. The molecule has 0 spiro atoms. The number of anilines is 1. The van der Waals surface area contributed by atoms with Crippen LogP contribution in [0.5, 0.6) is 0 Å². The topological polar surface area (TPSA) is 69.3 Å². The third kappa shape index (κ3) is 3.29. The van der Waals surface area contributed by atoms with Gasteiger partial charge in [-0.25, -0.2) is 13.6 Å². The summed E-state index contributed by atoms with van der Waals surface area (Å²) >= 11 is 3.29. The predicted octanol–water partition coefficient (Wildman–Crippen LogP) is 1.12. The molecule has 2 rings (SSSR count). The Morgan fingerprint density at radius 1 is 1.30 bits per heavy atom. The molecule has 1 atom stereocenters. The molecule has 0 aromatic carbocycles. The molecule has 6 nitrogen and oxygen atoms in total. The highest BCUT2D eigenvalue weighted by Crippen LogP contribution is 2.24. The van der Waals surface area contributed by atoms with E-state index in [2.05, 4.69) is 31.0 Å². The largest absolute Gasteiger partial charge is 0.367 e. The molecule has 1 aliphatic rings. The molecule has 0 saturated carbocycles. The minimum Gasteiger partial charge on any atom is -0.367 e. The van der Waals surface area contributed by atoms with Gasteiger partial charge in [0.15, 0.2) is 0 Å². The van der Waals surface area contributed by atoms with Gasteiger partial charge in [0.1, 0.15) is 4.47 Å². The maximum Gasteiger partial charge on any atom is 0.280 e. The van der Waals surface area contributed by atoms with E-state index in [-0.39, 0.29) is 10.3 Å². The van der Waals surface area contributed by atoms with Crippen LogP contribution in [0, 0.1) is 0 Å². The van der Waals surface area contributed by atoms with Crippen molar-refractivity contribution in [3.05, 3.63) is 21.0 Å². The number of rotatable bonds is 2. The van der Waals surface area contributed by atoms with Gasteiger partial charge >= 0.3 is 0 Å². The molecule has 2 heterocycles. The Morgan fingerprint density at radius 3 is 2.45 bits per heavy atom. The number of H-pyrrole nitrogens is 1. The smallest absolute Gasteiger partial charge is 0.280 e. The standard InChI is InChI=1S/C12H19BrN4O2S/c1-12(2,3)20(19)17-6-4-16(5-7-17)9-8-14-15-11(18)10(9)13/h8H,4-7H2,1-3H3,(H,15,18). The molecule has 0 aliphatic carbocycles. The van der Waals surface area contributed by atoms with E-state index in [0.29, 0.717) is 17.6 Å². The Bertz CT molecular complexity index is 561. The third-order valence-electron chi connectivity index (χ3n) is 3.11. The second-order valence-electron chi connectivity index (χ2n) is 5.68. The Balaban J connectivity index is 2.07. The summed E-state index contributed by atoms with van der Waals surface area (Å²) in [5, 5.41) is 6.22. The lowest BCUT2D eigenvalue weighted by molar-refractivity contribution is 0.400. The first-order chi connectivity index (χ1) is 9.30. The van der Waals surface area contributed by atoms with Gasteiger partial charge in [0.25, 0.3) is 5.56 Å². The molecule has 1 N–H and O–H groups in total. The molecule has 8 heteroatoms. The van der Waals surface area contributed by atoms with Gasteiger partial charge < -0.3 is 4.90 Å². The molecular formula is C12H19BrN4O2S. The van der Waals surface area contributed by atoms with Crippen molar-refractivity contribution < 1.29 is 4.21 Å². The van der Waals surface area contributed by atoms with Crippen LogP contribution in [0.3, 0.4) is 0 Å². The Labute approximate surface area is 129 Å². The highest BCUT2D eigenvalue weighted by molar-refractivity contribution is 9.10. The molecule has 0 radical (unpaired) electrons. The van der Waals surface area contributed by atoms with Gasteiger partial charge in [-0.05, 0) is 36.7 Å². The molecule has 1 aliphatic heterocycles. The fraction of sp³-hybridized carbons (Fsp3) is 0.667. The number of hydrogen-bond acceptors (Lipinski definition) is 4. The average molecular weight is 363 g/mol. The fourth-order valence-electron chi connectivity index (χ4n) is 2.08. The van der Waals surface area contributed by atoms with Crippen molar-refractivity contribution >= 4 is 32.6 Å². The molecule has 20 heavy (non-hydrogen) atoms. The monoisotopic (exact) mass is 362 g/mol. The van der Waals surface area contributed by atoms with Gasteiger partial charge in [-0.15, -0.1) is 0 Å². The van der Waals surface area contributed by atoms with Crippen molar-refractivity contribution in [3.8, 4) is 0 Å². The van der Waals surface area contributed by atoms with E-state index in [4.69, 9.17) is 0 Å². The zero-order valence-electron chi connectivity index (χ0n) is 11.9. The molecule has 112 valence electrons. The van der Waals surface area contributed by atoms with Gasteiger partial charge in [-0.3, -0.25) is 4.79 Å². The predicted molar refractivity (Wildman–Crippen MR) is 84.2 cm³/mol. The molecule has 1 aromatic rings. The number of aromatic nitrogens is 2. The van der Waals surface area contributed by atoms with Crippen molar-refractivity contribution in [1.29, 1.82) is 0 Å². The molecule has 0 amide bonds. The maximum atomic E-state index is 12.3. The summed E-state index contributed by atoms with van der Waals surface area (Å²) in [6, 6.07) is 0. The van der Waals surface area contributed by atoms with Crippen molar-refractivity contribution in [2.24, 2.45) is 0 Å². The zero-order valence-corrected chi connectivity index (χ0v) is 14.3. The van der Waals surface area contributed by atoms with Crippen molar-refractivity contribution in [2.75, 3.05) is 31.1 Å². The average Bonchev–Trinajstić information content (AvgIpc) is 2.40. The van der Waals surface area contributed by atoms with E-state index in [1.165, 1.54) is 0 Å². The minimum absolute atomic E-state index is 0.233. The lowest BCUT2D eigenvalue weighted by Gasteiger charge is -2.37. The number of halogens is 1. The van der Waals surface area contributed by atoms with Crippen LogP contribution in [-0.4, -0.2) is 49.6 Å². The summed E-state index contributed by atoms with van der Waals surface area (Å²) in [5.41, 5.74) is 0.554. The van der Waals surface area contributed by atoms with Gasteiger partial charge in [-0.2, -0.15) is 5.10 Å². The SMILES string of the molecule is CC(C)(C)S(=O)N1CCN(c2cn[nH]c(=O)c2Br)CC1. The van der Waals surface area contributed by atoms with Gasteiger partial charge in [0, 0.05) is 26.2 Å². The number of aromatic amines is 1. The van der Waals surface area contributed by atoms with E-state index in [1.807, 2.05) is 25.1 Å². The van der Waals surface area contributed by atoms with E-state index >= 15 is 0 Å². The van der Waals surface area contributed by atoms with E-state index in [1.54, 1.807) is 6.20 Å². The summed E-state index contributed by atoms with van der Waals surface area (Å²) in [4.78, 5) is 13.6. The van der Waals surface area contributed by atoms with Crippen LogP contribution in [0.1, 0.15) is 20.8 Å². The van der Waals surface area contributed by atoms with Crippen LogP contribution in [0.25, 0.3) is 0 Å². The number of nitrogens with zero attached hydrogens (tertiary/aromatic N) is 3. The zero-order chi connectivity index (χ0) is 14.9. The first kappa shape index (κ1) is 15.7. The molecular weight excluding hydrogens is 344 g/mol. The van der Waals surface area contributed by atoms with Crippen LogP contribution in [0.15, 0.2) is 15.5 Å². The summed E-state index contributed by atoms with van der Waals surface area (Å²) in [6.45, 7) is 8.82. The van der Waals surface area contributed by atoms with Crippen LogP contribution < -0.4 is 10.5 Å². The number of piperazine rings is 1. The van der Waals surface area contributed by atoms with Crippen LogP contribution in [0.4, 0.5) is 5.69 Å². The van der Waals surface area contributed by atoms with Gasteiger partial charge in [0.05, 0.1) is 27.6 Å². The summed E-state index contributed by atoms with van der Waals surface area (Å²) in [7, 11) is -0.993. The summed E-state index contributed by atoms with van der Waals surface area (Å²) in [6.07, 6.45) is 1.64. The Hall–Kier alpha value is -0.730. The highest BCUT2D eigenvalue weighted by Gasteiger charge is 2.29. The van der Waals surface area contributed by atoms with Crippen molar-refractivity contribution in [1.82, 2.24) is 14.5 Å².